The van der Waals surface area contributed by atoms with Crippen molar-refractivity contribution in [3.8, 4) is 101 Å². The van der Waals surface area contributed by atoms with Crippen LogP contribution in [0.5, 0.6) is 0 Å². The molecule has 104 heavy (non-hydrogen) atoms. The van der Waals surface area contributed by atoms with E-state index in [0.29, 0.717) is 0 Å². The molecule has 0 aliphatic rings. The molecule has 492 valence electrons. The second-order valence-corrected chi connectivity index (χ2v) is 26.0. The van der Waals surface area contributed by atoms with Crippen molar-refractivity contribution in [3.63, 3.8) is 0 Å². The summed E-state index contributed by atoms with van der Waals surface area (Å²) in [6.07, 6.45) is 0. The second kappa shape index (κ2) is 27.6. The Kier molecular flexibility index (Phi) is 16.6. The lowest BCUT2D eigenvalue weighted by molar-refractivity contribution is 0.631. The first kappa shape index (κ1) is 62.3. The Morgan fingerprint density at radius 1 is 0.135 bits per heavy atom. The summed E-state index contributed by atoms with van der Waals surface area (Å²) in [6, 6.07) is 140. The van der Waals surface area contributed by atoms with Crippen LogP contribution in [-0.2, 0) is 0 Å². The van der Waals surface area contributed by atoms with Gasteiger partial charge < -0.3 is 27.5 Å². The number of fused-ring (bicyclic) bond motifs is 4. The highest BCUT2D eigenvalue weighted by atomic mass is 16.3. The Hall–Kier alpha value is -13.9. The van der Waals surface area contributed by atoms with E-state index in [1.54, 1.807) is 0 Å². The number of furan rings is 4. The van der Waals surface area contributed by atoms with Crippen molar-refractivity contribution in [2.24, 2.45) is 0 Å². The van der Waals surface area contributed by atoms with Gasteiger partial charge in [0.25, 0.3) is 0 Å². The standard InChI is InChI=1S/C52H35NO2.C46H31NO2/c1-2-8-36(9-3-1)37-14-16-38(17-15-37)40-22-28-46(29-23-40)53(48-32-26-43(27-33-48)52-35-45-11-5-7-13-50(45)55-52)47-30-24-41(25-31-47)39-18-20-42(21-19-39)51-34-44-10-4-6-12-49(44)54-51;1-2-10-40(11-3-1)47(41-26-22-34(23-27-41)32-14-18-36(19-15-32)45-30-38-8-4-6-12-43(38)48-45)42-28-24-35(25-29-42)33-16-20-37(21-17-33)46-31-39-9-5-7-13-44(39)49-46/h1-35H;1-31H. The van der Waals surface area contributed by atoms with Crippen LogP contribution < -0.4 is 9.80 Å². The minimum atomic E-state index is 0.859. The van der Waals surface area contributed by atoms with Gasteiger partial charge in [0, 0.05) is 77.9 Å². The molecule has 0 atom stereocenters. The summed E-state index contributed by atoms with van der Waals surface area (Å²) in [5.41, 5.74) is 26.1. The van der Waals surface area contributed by atoms with Crippen LogP contribution in [0.25, 0.3) is 145 Å². The Morgan fingerprint density at radius 3 is 0.529 bits per heavy atom. The van der Waals surface area contributed by atoms with Crippen LogP contribution in [-0.4, -0.2) is 0 Å². The van der Waals surface area contributed by atoms with Crippen molar-refractivity contribution in [1.29, 1.82) is 0 Å². The van der Waals surface area contributed by atoms with Crippen LogP contribution in [0, 0.1) is 0 Å². The molecule has 0 aliphatic heterocycles. The molecular weight excluding hydrogens is 1270 g/mol. The fourth-order valence-corrected chi connectivity index (χ4v) is 13.9. The van der Waals surface area contributed by atoms with E-state index in [4.69, 9.17) is 17.7 Å². The third-order valence-corrected chi connectivity index (χ3v) is 19.5. The Labute approximate surface area is 603 Å². The smallest absolute Gasteiger partial charge is 0.135 e. The number of hydrogen-bond acceptors (Lipinski definition) is 6. The van der Waals surface area contributed by atoms with Gasteiger partial charge in [0.15, 0.2) is 0 Å². The number of rotatable bonds is 15. The number of anilines is 6. The molecule has 0 spiro atoms. The molecule has 0 saturated heterocycles. The molecular formula is C98H66N2O4. The van der Waals surface area contributed by atoms with Crippen LogP contribution in [0.3, 0.4) is 0 Å². The molecule has 19 aromatic rings. The Balaban J connectivity index is 0.000000149. The fraction of sp³-hybridized carbons (Fsp3) is 0. The highest BCUT2D eigenvalue weighted by molar-refractivity contribution is 5.89. The van der Waals surface area contributed by atoms with Crippen LogP contribution >= 0.6 is 0 Å². The van der Waals surface area contributed by atoms with Gasteiger partial charge in [0.2, 0.25) is 0 Å². The first-order chi connectivity index (χ1) is 51.5. The van der Waals surface area contributed by atoms with Gasteiger partial charge in [0.05, 0.1) is 0 Å². The Bertz CT molecular complexity index is 5840. The van der Waals surface area contributed by atoms with Crippen LogP contribution in [0.1, 0.15) is 0 Å². The molecule has 19 rings (SSSR count). The van der Waals surface area contributed by atoms with Crippen LogP contribution in [0.4, 0.5) is 34.1 Å². The normalized spacial score (nSPS) is 11.3. The average Bonchev–Trinajstić information content (AvgIpc) is 1.15. The van der Waals surface area contributed by atoms with Gasteiger partial charge in [-0.1, -0.05) is 267 Å². The predicted molar refractivity (Wildman–Crippen MR) is 430 cm³/mol. The molecule has 0 aliphatic carbocycles. The monoisotopic (exact) mass is 1330 g/mol. The largest absolute Gasteiger partial charge is 0.456 e. The summed E-state index contributed by atoms with van der Waals surface area (Å²) < 4.78 is 24.5. The second-order valence-electron chi connectivity index (χ2n) is 26.0. The minimum absolute atomic E-state index is 0.859. The third kappa shape index (κ3) is 12.8. The molecule has 4 heterocycles. The van der Waals surface area contributed by atoms with E-state index < -0.39 is 0 Å². The zero-order chi connectivity index (χ0) is 69.1. The summed E-state index contributed by atoms with van der Waals surface area (Å²) >= 11 is 0. The van der Waals surface area contributed by atoms with E-state index in [0.717, 1.165) is 157 Å². The molecule has 0 N–H and O–H groups in total. The first-order valence-electron chi connectivity index (χ1n) is 35.1. The lowest BCUT2D eigenvalue weighted by atomic mass is 10.00. The summed E-state index contributed by atoms with van der Waals surface area (Å²) in [6.45, 7) is 0. The van der Waals surface area contributed by atoms with Crippen molar-refractivity contribution < 1.29 is 17.7 Å². The van der Waals surface area contributed by atoms with E-state index in [1.165, 1.54) is 22.3 Å². The highest BCUT2D eigenvalue weighted by Crippen LogP contribution is 2.42. The summed E-state index contributed by atoms with van der Waals surface area (Å²) in [4.78, 5) is 4.60. The van der Waals surface area contributed by atoms with Crippen molar-refractivity contribution in [3.05, 3.63) is 400 Å². The lowest BCUT2D eigenvalue weighted by Gasteiger charge is -2.26. The highest BCUT2D eigenvalue weighted by Gasteiger charge is 2.18. The molecule has 0 amide bonds. The molecule has 15 aromatic carbocycles. The topological polar surface area (TPSA) is 59.0 Å². The maximum Gasteiger partial charge on any atom is 0.135 e. The maximum atomic E-state index is 6.19. The van der Waals surface area contributed by atoms with Gasteiger partial charge >= 0.3 is 0 Å². The van der Waals surface area contributed by atoms with Crippen molar-refractivity contribution >= 4 is 78.0 Å². The molecule has 6 heteroatoms. The van der Waals surface area contributed by atoms with Gasteiger partial charge in [-0.3, -0.25) is 0 Å². The van der Waals surface area contributed by atoms with Gasteiger partial charge in [-0.25, -0.2) is 0 Å². The number of benzene rings is 15. The maximum absolute atomic E-state index is 6.19. The molecule has 0 bridgehead atoms. The van der Waals surface area contributed by atoms with Crippen molar-refractivity contribution in [2.45, 2.75) is 0 Å². The first-order valence-corrected chi connectivity index (χ1v) is 35.1. The van der Waals surface area contributed by atoms with Crippen LogP contribution in [0.15, 0.2) is 418 Å². The predicted octanol–water partition coefficient (Wildman–Crippen LogP) is 28.3. The fourth-order valence-electron chi connectivity index (χ4n) is 13.9. The Morgan fingerprint density at radius 2 is 0.298 bits per heavy atom. The number of nitrogens with zero attached hydrogens (tertiary/aromatic N) is 2. The minimum Gasteiger partial charge on any atom is -0.456 e. The molecule has 0 radical (unpaired) electrons. The van der Waals surface area contributed by atoms with Gasteiger partial charge in [-0.05, 0) is 189 Å². The molecule has 6 nitrogen and oxygen atoms in total. The zero-order valence-corrected chi connectivity index (χ0v) is 56.6. The molecule has 4 aromatic heterocycles. The van der Waals surface area contributed by atoms with Crippen molar-refractivity contribution in [1.82, 2.24) is 0 Å². The van der Waals surface area contributed by atoms with E-state index in [-0.39, 0.29) is 0 Å². The molecule has 0 fully saturated rings. The van der Waals surface area contributed by atoms with Gasteiger partial charge in [-0.2, -0.15) is 0 Å². The third-order valence-electron chi connectivity index (χ3n) is 19.5. The zero-order valence-electron chi connectivity index (χ0n) is 56.6. The number of para-hydroxylation sites is 5. The van der Waals surface area contributed by atoms with E-state index in [1.807, 2.05) is 72.8 Å². The van der Waals surface area contributed by atoms with Crippen LogP contribution in [0.2, 0.25) is 0 Å². The quantitative estimate of drug-likeness (QED) is 0.102. The van der Waals surface area contributed by atoms with Crippen molar-refractivity contribution in [2.75, 3.05) is 9.80 Å². The SMILES string of the molecule is c1ccc(-c2ccc(-c3ccc(N(c4ccc(-c5ccc(-c6cc7ccccc7o6)cc5)cc4)c4ccc(-c5cc6ccccc6o5)cc4)cc3)cc2)cc1.c1ccc(N(c2ccc(-c3ccc(-c4cc5ccccc5o4)cc3)cc2)c2ccc(-c3ccc(-c4cc5ccccc5o4)cc3)cc2)cc1. The average molecular weight is 1340 g/mol. The number of hydrogen-bond donors (Lipinski definition) is 0. The van der Waals surface area contributed by atoms with Gasteiger partial charge in [0.1, 0.15) is 45.4 Å². The van der Waals surface area contributed by atoms with E-state index in [2.05, 4.69) is 337 Å². The summed E-state index contributed by atoms with van der Waals surface area (Å²) in [5, 5.41) is 4.44. The molecule has 0 saturated carbocycles. The van der Waals surface area contributed by atoms with E-state index >= 15 is 0 Å². The van der Waals surface area contributed by atoms with Gasteiger partial charge in [-0.15, -0.1) is 0 Å². The van der Waals surface area contributed by atoms with E-state index in [9.17, 15) is 0 Å². The lowest BCUT2D eigenvalue weighted by Crippen LogP contribution is -2.09. The summed E-state index contributed by atoms with van der Waals surface area (Å²) in [7, 11) is 0. The summed E-state index contributed by atoms with van der Waals surface area (Å²) in [5.74, 6) is 3.50. The molecule has 0 unspecified atom stereocenters.